The van der Waals surface area contributed by atoms with Gasteiger partial charge in [-0.15, -0.1) is 0 Å². The first-order chi connectivity index (χ1) is 10.6. The molecule has 3 rings (SSSR count). The van der Waals surface area contributed by atoms with Crippen LogP contribution in [0.2, 0.25) is 0 Å². The highest BCUT2D eigenvalue weighted by Gasteiger charge is 2.32. The second kappa shape index (κ2) is 5.75. The van der Waals surface area contributed by atoms with Crippen LogP contribution < -0.4 is 4.74 Å². The van der Waals surface area contributed by atoms with Crippen LogP contribution in [0.15, 0.2) is 22.7 Å². The summed E-state index contributed by atoms with van der Waals surface area (Å²) in [6, 6.07) is 4.23. The molecule has 1 atom stereocenters. The highest BCUT2D eigenvalue weighted by molar-refractivity contribution is 5.94. The number of carbonyl (C=O) groups is 1. The molecule has 0 N–H and O–H groups in total. The van der Waals surface area contributed by atoms with Crippen molar-refractivity contribution in [1.29, 1.82) is 0 Å². The molecular weight excluding hydrogens is 289 g/mol. The quantitative estimate of drug-likeness (QED) is 0.869. The van der Waals surface area contributed by atoms with Gasteiger partial charge >= 0.3 is 0 Å². The van der Waals surface area contributed by atoms with Crippen molar-refractivity contribution in [3.8, 4) is 5.75 Å². The lowest BCUT2D eigenvalue weighted by atomic mass is 10.1. The highest BCUT2D eigenvalue weighted by atomic mass is 19.1. The molecule has 2 heterocycles. The number of hydrogen-bond donors (Lipinski definition) is 0. The predicted molar refractivity (Wildman–Crippen MR) is 75.2 cm³/mol. The normalized spacial score (nSPS) is 17.8. The summed E-state index contributed by atoms with van der Waals surface area (Å²) in [6.07, 6.45) is 0.727. The third kappa shape index (κ3) is 2.66. The van der Waals surface area contributed by atoms with Gasteiger partial charge in [0.2, 0.25) is 5.89 Å². The first kappa shape index (κ1) is 14.5. The number of halogens is 1. The van der Waals surface area contributed by atoms with Crippen molar-refractivity contribution in [3.63, 3.8) is 0 Å². The van der Waals surface area contributed by atoms with Crippen LogP contribution in [0, 0.1) is 12.7 Å². The fraction of sp³-hybridized carbons (Fsp3) is 0.400. The lowest BCUT2D eigenvalue weighted by molar-refractivity contribution is 0.0785. The number of rotatable bonds is 3. The fourth-order valence-corrected chi connectivity index (χ4v) is 2.59. The van der Waals surface area contributed by atoms with E-state index in [0.717, 1.165) is 6.42 Å². The van der Waals surface area contributed by atoms with Gasteiger partial charge in [-0.2, -0.15) is 4.98 Å². The van der Waals surface area contributed by atoms with E-state index in [4.69, 9.17) is 9.26 Å². The minimum atomic E-state index is -0.582. The molecule has 6 nitrogen and oxygen atoms in total. The Kier molecular flexibility index (Phi) is 3.79. The molecule has 116 valence electrons. The van der Waals surface area contributed by atoms with Crippen molar-refractivity contribution in [1.82, 2.24) is 15.0 Å². The van der Waals surface area contributed by atoms with Crippen LogP contribution in [0.3, 0.4) is 0 Å². The van der Waals surface area contributed by atoms with Gasteiger partial charge in [-0.1, -0.05) is 5.16 Å². The molecule has 1 aliphatic rings. The zero-order valence-corrected chi connectivity index (χ0v) is 12.4. The average Bonchev–Trinajstić information content (AvgIpc) is 3.15. The van der Waals surface area contributed by atoms with Crippen LogP contribution in [-0.4, -0.2) is 41.1 Å². The van der Waals surface area contributed by atoms with Crippen LogP contribution in [-0.2, 0) is 0 Å². The molecule has 1 aliphatic heterocycles. The number of carbonyl (C=O) groups excluding carboxylic acids is 1. The van der Waals surface area contributed by atoms with E-state index in [0.29, 0.717) is 30.6 Å². The number of benzene rings is 1. The van der Waals surface area contributed by atoms with Gasteiger partial charge in [-0.3, -0.25) is 4.79 Å². The Morgan fingerprint density at radius 3 is 2.95 bits per heavy atom. The summed E-state index contributed by atoms with van der Waals surface area (Å²) in [5.74, 6) is 0.574. The molecule has 2 aromatic rings. The Balaban J connectivity index is 1.74. The van der Waals surface area contributed by atoms with Gasteiger partial charge in [-0.25, -0.2) is 4.39 Å². The van der Waals surface area contributed by atoms with Crippen molar-refractivity contribution in [2.45, 2.75) is 19.3 Å². The van der Waals surface area contributed by atoms with Crippen molar-refractivity contribution in [2.75, 3.05) is 20.2 Å². The maximum Gasteiger partial charge on any atom is 0.256 e. The molecule has 22 heavy (non-hydrogen) atoms. The van der Waals surface area contributed by atoms with E-state index in [1.165, 1.54) is 19.2 Å². The van der Waals surface area contributed by atoms with Gasteiger partial charge in [0.05, 0.1) is 18.6 Å². The fourth-order valence-electron chi connectivity index (χ4n) is 2.59. The van der Waals surface area contributed by atoms with Gasteiger partial charge in [-0.05, 0) is 25.5 Å². The topological polar surface area (TPSA) is 68.5 Å². The number of aryl methyl sites for hydroxylation is 1. The maximum atomic E-state index is 14.0. The summed E-state index contributed by atoms with van der Waals surface area (Å²) >= 11 is 0. The summed E-state index contributed by atoms with van der Waals surface area (Å²) < 4.78 is 24.1. The third-order valence-corrected chi connectivity index (χ3v) is 3.77. The molecule has 0 radical (unpaired) electrons. The molecule has 0 bridgehead atoms. The number of hydrogen-bond acceptors (Lipinski definition) is 5. The maximum absolute atomic E-state index is 14.0. The third-order valence-electron chi connectivity index (χ3n) is 3.77. The smallest absolute Gasteiger partial charge is 0.256 e. The summed E-state index contributed by atoms with van der Waals surface area (Å²) in [5, 5.41) is 3.76. The summed E-state index contributed by atoms with van der Waals surface area (Å²) in [4.78, 5) is 18.2. The van der Waals surface area contributed by atoms with Crippen molar-refractivity contribution < 1.29 is 18.4 Å². The summed E-state index contributed by atoms with van der Waals surface area (Å²) in [5.41, 5.74) is 0.0446. The predicted octanol–water partition coefficient (Wildman–Crippen LogP) is 2.16. The number of likely N-dealkylation sites (tertiary alicyclic amines) is 1. The van der Waals surface area contributed by atoms with E-state index < -0.39 is 5.82 Å². The monoisotopic (exact) mass is 305 g/mol. The van der Waals surface area contributed by atoms with Crippen LogP contribution in [0.1, 0.15) is 34.4 Å². The van der Waals surface area contributed by atoms with E-state index in [9.17, 15) is 9.18 Å². The van der Waals surface area contributed by atoms with Gasteiger partial charge < -0.3 is 14.2 Å². The Labute approximate surface area is 126 Å². The zero-order valence-electron chi connectivity index (χ0n) is 12.4. The van der Waals surface area contributed by atoms with Crippen LogP contribution >= 0.6 is 0 Å². The molecule has 7 heteroatoms. The van der Waals surface area contributed by atoms with Gasteiger partial charge in [0.25, 0.3) is 5.91 Å². The number of methoxy groups -OCH3 is 1. The van der Waals surface area contributed by atoms with Crippen molar-refractivity contribution >= 4 is 5.91 Å². The minimum absolute atomic E-state index is 0.00598. The number of amides is 1. The Bertz CT molecular complexity index is 701. The zero-order chi connectivity index (χ0) is 15.7. The summed E-state index contributed by atoms with van der Waals surface area (Å²) in [7, 11) is 1.45. The number of nitrogens with zero attached hydrogens (tertiary/aromatic N) is 3. The molecule has 0 saturated carbocycles. The summed E-state index contributed by atoms with van der Waals surface area (Å²) in [6.45, 7) is 2.74. The molecule has 0 aliphatic carbocycles. The Morgan fingerprint density at radius 2 is 2.32 bits per heavy atom. The first-order valence-corrected chi connectivity index (χ1v) is 7.01. The number of ether oxygens (including phenoxy) is 1. The van der Waals surface area contributed by atoms with E-state index >= 15 is 0 Å². The van der Waals surface area contributed by atoms with Crippen molar-refractivity contribution in [2.24, 2.45) is 0 Å². The largest absolute Gasteiger partial charge is 0.497 e. The molecule has 1 fully saturated rings. The van der Waals surface area contributed by atoms with Crippen LogP contribution in [0.4, 0.5) is 4.39 Å². The highest BCUT2D eigenvalue weighted by Crippen LogP contribution is 2.28. The van der Waals surface area contributed by atoms with Gasteiger partial charge in [0.15, 0.2) is 5.82 Å². The first-order valence-electron chi connectivity index (χ1n) is 7.01. The Morgan fingerprint density at radius 1 is 1.50 bits per heavy atom. The van der Waals surface area contributed by atoms with E-state index in [1.807, 2.05) is 0 Å². The van der Waals surface area contributed by atoms with E-state index in [1.54, 1.807) is 17.9 Å². The number of aromatic nitrogens is 2. The Hall–Kier alpha value is -2.44. The SMILES string of the molecule is COc1ccc(C(=O)N2CCC(c3nc(C)no3)C2)c(F)c1. The molecule has 1 saturated heterocycles. The van der Waals surface area contributed by atoms with Crippen molar-refractivity contribution in [3.05, 3.63) is 41.3 Å². The van der Waals surface area contributed by atoms with E-state index in [2.05, 4.69) is 10.1 Å². The lowest BCUT2D eigenvalue weighted by Crippen LogP contribution is -2.29. The lowest BCUT2D eigenvalue weighted by Gasteiger charge is -2.16. The molecule has 1 amide bonds. The van der Waals surface area contributed by atoms with E-state index in [-0.39, 0.29) is 17.4 Å². The average molecular weight is 305 g/mol. The molecule has 1 aromatic heterocycles. The molecule has 1 aromatic carbocycles. The van der Waals surface area contributed by atoms with Crippen LogP contribution in [0.5, 0.6) is 5.75 Å². The second-order valence-corrected chi connectivity index (χ2v) is 5.26. The van der Waals surface area contributed by atoms with Crippen LogP contribution in [0.25, 0.3) is 0 Å². The standard InChI is InChI=1S/C15H16FN3O3/c1-9-17-14(22-18-9)10-5-6-19(8-10)15(20)12-4-3-11(21-2)7-13(12)16/h3-4,7,10H,5-6,8H2,1-2H3. The molecular formula is C15H16FN3O3. The molecule has 1 unspecified atom stereocenters. The second-order valence-electron chi connectivity index (χ2n) is 5.26. The minimum Gasteiger partial charge on any atom is -0.497 e. The molecule has 0 spiro atoms. The van der Waals surface area contributed by atoms with Gasteiger partial charge in [0.1, 0.15) is 11.6 Å². The van der Waals surface area contributed by atoms with Gasteiger partial charge in [0, 0.05) is 19.2 Å².